The third-order valence-electron chi connectivity index (χ3n) is 3.76. The first-order valence-electron chi connectivity index (χ1n) is 7.26. The molecule has 4 nitrogen and oxygen atoms in total. The highest BCUT2D eigenvalue weighted by molar-refractivity contribution is 6.35. The minimum absolute atomic E-state index is 0.265. The maximum Gasteiger partial charge on any atom is 0.228 e. The molecule has 0 heterocycles. The SMILES string of the molecule is O=C(Nc1ccc(F)cc1)C1CC1C(=O)Nc1cc(Cl)ccc1Cl. The molecule has 0 saturated heterocycles. The van der Waals surface area contributed by atoms with Crippen LogP contribution >= 0.6 is 23.2 Å². The van der Waals surface area contributed by atoms with E-state index in [0.29, 0.717) is 27.8 Å². The van der Waals surface area contributed by atoms with Gasteiger partial charge in [0.25, 0.3) is 0 Å². The third kappa shape index (κ3) is 3.86. The maximum absolute atomic E-state index is 12.8. The van der Waals surface area contributed by atoms with E-state index in [9.17, 15) is 14.0 Å². The Kier molecular flexibility index (Phi) is 4.73. The molecule has 124 valence electrons. The molecule has 0 bridgehead atoms. The Morgan fingerprint density at radius 2 is 1.58 bits per heavy atom. The van der Waals surface area contributed by atoms with Crippen molar-refractivity contribution in [2.75, 3.05) is 10.6 Å². The molecule has 0 radical (unpaired) electrons. The molecule has 0 aromatic heterocycles. The van der Waals surface area contributed by atoms with Crippen LogP contribution < -0.4 is 10.6 Å². The Balaban J connectivity index is 1.58. The minimum atomic E-state index is -0.416. The average molecular weight is 367 g/mol. The second-order valence-corrected chi connectivity index (χ2v) is 6.40. The van der Waals surface area contributed by atoms with Crippen LogP contribution in [0.3, 0.4) is 0 Å². The van der Waals surface area contributed by atoms with Crippen LogP contribution in [0.5, 0.6) is 0 Å². The normalized spacial score (nSPS) is 18.8. The largest absolute Gasteiger partial charge is 0.326 e. The number of hydrogen-bond acceptors (Lipinski definition) is 2. The van der Waals surface area contributed by atoms with Gasteiger partial charge in [-0.15, -0.1) is 0 Å². The molecule has 7 heteroatoms. The Bertz CT molecular complexity index is 796. The lowest BCUT2D eigenvalue weighted by molar-refractivity contribution is -0.122. The van der Waals surface area contributed by atoms with Gasteiger partial charge in [-0.1, -0.05) is 23.2 Å². The van der Waals surface area contributed by atoms with E-state index in [0.717, 1.165) is 0 Å². The number of amides is 2. The monoisotopic (exact) mass is 366 g/mol. The smallest absolute Gasteiger partial charge is 0.228 e. The molecule has 2 atom stereocenters. The molecule has 2 aromatic carbocycles. The van der Waals surface area contributed by atoms with E-state index in [1.807, 2.05) is 0 Å². The summed E-state index contributed by atoms with van der Waals surface area (Å²) in [6.07, 6.45) is 0.455. The average Bonchev–Trinajstić information content (AvgIpc) is 3.34. The van der Waals surface area contributed by atoms with Crippen molar-refractivity contribution in [2.45, 2.75) is 6.42 Å². The van der Waals surface area contributed by atoms with Gasteiger partial charge in [-0.3, -0.25) is 9.59 Å². The number of rotatable bonds is 4. The molecule has 24 heavy (non-hydrogen) atoms. The zero-order valence-corrected chi connectivity index (χ0v) is 13.9. The fourth-order valence-electron chi connectivity index (χ4n) is 2.36. The Labute approximate surface area is 148 Å². The Morgan fingerprint density at radius 1 is 0.958 bits per heavy atom. The summed E-state index contributed by atoms with van der Waals surface area (Å²) < 4.78 is 12.8. The van der Waals surface area contributed by atoms with Gasteiger partial charge in [0.1, 0.15) is 5.82 Å². The first-order valence-corrected chi connectivity index (χ1v) is 8.02. The molecule has 1 aliphatic carbocycles. The summed E-state index contributed by atoms with van der Waals surface area (Å²) in [5.74, 6) is -1.75. The number of nitrogens with one attached hydrogen (secondary N) is 2. The second kappa shape index (κ2) is 6.79. The first-order chi connectivity index (χ1) is 11.4. The third-order valence-corrected chi connectivity index (χ3v) is 4.33. The number of hydrogen-bond donors (Lipinski definition) is 2. The van der Waals surface area contributed by atoms with Gasteiger partial charge in [-0.2, -0.15) is 0 Å². The molecule has 0 spiro atoms. The molecule has 2 aromatic rings. The molecular weight excluding hydrogens is 354 g/mol. The van der Waals surface area contributed by atoms with E-state index in [2.05, 4.69) is 10.6 Å². The first kappa shape index (κ1) is 16.7. The summed E-state index contributed by atoms with van der Waals surface area (Å²) in [5, 5.41) is 6.18. The number of anilines is 2. The number of benzene rings is 2. The summed E-state index contributed by atoms with van der Waals surface area (Å²) in [6, 6.07) is 10.2. The van der Waals surface area contributed by atoms with Crippen LogP contribution in [0.2, 0.25) is 10.0 Å². The van der Waals surface area contributed by atoms with Crippen LogP contribution in [0, 0.1) is 17.7 Å². The zero-order chi connectivity index (χ0) is 17.3. The summed E-state index contributed by atoms with van der Waals surface area (Å²) in [4.78, 5) is 24.3. The Hall–Kier alpha value is -2.11. The van der Waals surface area contributed by atoms with Crippen molar-refractivity contribution in [3.63, 3.8) is 0 Å². The Morgan fingerprint density at radius 3 is 2.25 bits per heavy atom. The quantitative estimate of drug-likeness (QED) is 0.844. The summed E-state index contributed by atoms with van der Waals surface area (Å²) >= 11 is 11.9. The van der Waals surface area contributed by atoms with Crippen LogP contribution in [0.4, 0.5) is 15.8 Å². The van der Waals surface area contributed by atoms with Crippen molar-refractivity contribution in [1.29, 1.82) is 0 Å². The van der Waals surface area contributed by atoms with Crippen molar-refractivity contribution in [2.24, 2.45) is 11.8 Å². The number of carbonyl (C=O) groups excluding carboxylic acids is 2. The fourth-order valence-corrected chi connectivity index (χ4v) is 2.70. The molecule has 2 amide bonds. The maximum atomic E-state index is 12.8. The van der Waals surface area contributed by atoms with E-state index >= 15 is 0 Å². The van der Waals surface area contributed by atoms with Crippen molar-refractivity contribution in [3.05, 3.63) is 58.3 Å². The fraction of sp³-hybridized carbons (Fsp3) is 0.176. The van der Waals surface area contributed by atoms with Crippen molar-refractivity contribution in [3.8, 4) is 0 Å². The molecule has 2 N–H and O–H groups in total. The molecule has 1 fully saturated rings. The van der Waals surface area contributed by atoms with Gasteiger partial charge < -0.3 is 10.6 Å². The predicted octanol–water partition coefficient (Wildman–Crippen LogP) is 4.35. The van der Waals surface area contributed by atoms with E-state index in [-0.39, 0.29) is 17.6 Å². The minimum Gasteiger partial charge on any atom is -0.326 e. The van der Waals surface area contributed by atoms with Crippen LogP contribution in [0.25, 0.3) is 0 Å². The lowest BCUT2D eigenvalue weighted by atomic mass is 10.2. The molecule has 2 unspecified atom stereocenters. The number of halogens is 3. The van der Waals surface area contributed by atoms with Gasteiger partial charge in [0.2, 0.25) is 11.8 Å². The van der Waals surface area contributed by atoms with Gasteiger partial charge >= 0.3 is 0 Å². The summed E-state index contributed by atoms with van der Waals surface area (Å²) in [5.41, 5.74) is 0.907. The van der Waals surface area contributed by atoms with Gasteiger partial charge in [-0.05, 0) is 48.9 Å². The molecular formula is C17H13Cl2FN2O2. The van der Waals surface area contributed by atoms with E-state index in [1.165, 1.54) is 24.3 Å². The molecule has 3 rings (SSSR count). The lowest BCUT2D eigenvalue weighted by Crippen LogP contribution is -2.20. The molecule has 1 aliphatic rings. The predicted molar refractivity (Wildman–Crippen MR) is 91.7 cm³/mol. The van der Waals surface area contributed by atoms with Crippen LogP contribution in [0.15, 0.2) is 42.5 Å². The molecule has 1 saturated carbocycles. The van der Waals surface area contributed by atoms with Gasteiger partial charge in [-0.25, -0.2) is 4.39 Å². The summed E-state index contributed by atoms with van der Waals surface area (Å²) in [7, 11) is 0. The van der Waals surface area contributed by atoms with Crippen LogP contribution in [0.1, 0.15) is 6.42 Å². The topological polar surface area (TPSA) is 58.2 Å². The second-order valence-electron chi connectivity index (χ2n) is 5.56. The van der Waals surface area contributed by atoms with Crippen molar-refractivity contribution >= 4 is 46.4 Å². The van der Waals surface area contributed by atoms with E-state index in [4.69, 9.17) is 23.2 Å². The van der Waals surface area contributed by atoms with E-state index in [1.54, 1.807) is 18.2 Å². The van der Waals surface area contributed by atoms with Gasteiger partial charge in [0.15, 0.2) is 0 Å². The standard InChI is InChI=1S/C17H13Cl2FN2O2/c18-9-1-6-14(19)15(7-9)22-17(24)13-8-12(13)16(23)21-11-4-2-10(20)3-5-11/h1-7,12-13H,8H2,(H,21,23)(H,22,24). The summed E-state index contributed by atoms with van der Waals surface area (Å²) in [6.45, 7) is 0. The molecule has 0 aliphatic heterocycles. The van der Waals surface area contributed by atoms with Crippen molar-refractivity contribution < 1.29 is 14.0 Å². The van der Waals surface area contributed by atoms with Crippen LogP contribution in [-0.4, -0.2) is 11.8 Å². The lowest BCUT2D eigenvalue weighted by Gasteiger charge is -2.08. The zero-order valence-electron chi connectivity index (χ0n) is 12.4. The highest BCUT2D eigenvalue weighted by Crippen LogP contribution is 2.40. The van der Waals surface area contributed by atoms with Gasteiger partial charge in [0, 0.05) is 10.7 Å². The van der Waals surface area contributed by atoms with Crippen LogP contribution in [-0.2, 0) is 9.59 Å². The number of carbonyl (C=O) groups is 2. The van der Waals surface area contributed by atoms with Gasteiger partial charge in [0.05, 0.1) is 22.5 Å². The highest BCUT2D eigenvalue weighted by Gasteiger charge is 2.48. The van der Waals surface area contributed by atoms with E-state index < -0.39 is 11.8 Å². The van der Waals surface area contributed by atoms with Crippen molar-refractivity contribution in [1.82, 2.24) is 0 Å². The highest BCUT2D eigenvalue weighted by atomic mass is 35.5.